The Balaban J connectivity index is 2.05. The SMILES string of the molecule is Cc1cccc(CCc2nc(N)oc2C)c1. The first-order valence-corrected chi connectivity index (χ1v) is 5.42. The lowest BCUT2D eigenvalue weighted by molar-refractivity contribution is 0.544. The van der Waals surface area contributed by atoms with Crippen LogP contribution in [0.15, 0.2) is 28.7 Å². The maximum Gasteiger partial charge on any atom is 0.292 e. The van der Waals surface area contributed by atoms with Gasteiger partial charge in [-0.15, -0.1) is 0 Å². The molecule has 0 saturated heterocycles. The molecule has 3 nitrogen and oxygen atoms in total. The minimum atomic E-state index is 0.261. The minimum absolute atomic E-state index is 0.261. The van der Waals surface area contributed by atoms with Crippen molar-refractivity contribution in [2.45, 2.75) is 26.7 Å². The largest absolute Gasteiger partial charge is 0.429 e. The van der Waals surface area contributed by atoms with E-state index in [9.17, 15) is 0 Å². The number of benzene rings is 1. The van der Waals surface area contributed by atoms with Crippen LogP contribution in [-0.4, -0.2) is 4.98 Å². The molecule has 0 unspecified atom stereocenters. The summed E-state index contributed by atoms with van der Waals surface area (Å²) >= 11 is 0. The quantitative estimate of drug-likeness (QED) is 0.858. The minimum Gasteiger partial charge on any atom is -0.429 e. The van der Waals surface area contributed by atoms with Crippen molar-refractivity contribution in [2.75, 3.05) is 5.73 Å². The normalized spacial score (nSPS) is 10.6. The Morgan fingerprint density at radius 3 is 2.69 bits per heavy atom. The third kappa shape index (κ3) is 2.42. The van der Waals surface area contributed by atoms with Gasteiger partial charge in [-0.2, -0.15) is 4.98 Å². The third-order valence-corrected chi connectivity index (χ3v) is 2.64. The van der Waals surface area contributed by atoms with E-state index < -0.39 is 0 Å². The molecule has 2 aromatic rings. The van der Waals surface area contributed by atoms with Gasteiger partial charge < -0.3 is 10.2 Å². The molecule has 0 aliphatic carbocycles. The molecule has 2 rings (SSSR count). The predicted octanol–water partition coefficient (Wildman–Crippen LogP) is 2.66. The number of nitrogens with zero attached hydrogens (tertiary/aromatic N) is 1. The van der Waals surface area contributed by atoms with E-state index in [-0.39, 0.29) is 6.01 Å². The summed E-state index contributed by atoms with van der Waals surface area (Å²) in [7, 11) is 0. The summed E-state index contributed by atoms with van der Waals surface area (Å²) in [5.74, 6) is 0.824. The summed E-state index contributed by atoms with van der Waals surface area (Å²) in [6, 6.07) is 8.76. The van der Waals surface area contributed by atoms with E-state index in [4.69, 9.17) is 10.2 Å². The zero-order valence-electron chi connectivity index (χ0n) is 9.66. The highest BCUT2D eigenvalue weighted by molar-refractivity contribution is 5.24. The van der Waals surface area contributed by atoms with Gasteiger partial charge in [0, 0.05) is 0 Å². The zero-order chi connectivity index (χ0) is 11.5. The molecule has 1 heterocycles. The van der Waals surface area contributed by atoms with Gasteiger partial charge in [0.15, 0.2) is 0 Å². The summed E-state index contributed by atoms with van der Waals surface area (Å²) in [4.78, 5) is 4.16. The van der Waals surface area contributed by atoms with Crippen LogP contribution in [0.3, 0.4) is 0 Å². The average molecular weight is 216 g/mol. The summed E-state index contributed by atoms with van der Waals surface area (Å²) in [6.45, 7) is 4.00. The Morgan fingerprint density at radius 2 is 2.06 bits per heavy atom. The number of oxazole rings is 1. The molecule has 84 valence electrons. The maximum absolute atomic E-state index is 5.49. The number of hydrogen-bond acceptors (Lipinski definition) is 3. The van der Waals surface area contributed by atoms with E-state index in [1.807, 2.05) is 6.92 Å². The summed E-state index contributed by atoms with van der Waals surface area (Å²) < 4.78 is 5.19. The highest BCUT2D eigenvalue weighted by Crippen LogP contribution is 2.14. The number of hydrogen-bond donors (Lipinski definition) is 1. The van der Waals surface area contributed by atoms with E-state index in [2.05, 4.69) is 36.2 Å². The predicted molar refractivity (Wildman–Crippen MR) is 64.2 cm³/mol. The van der Waals surface area contributed by atoms with Gasteiger partial charge >= 0.3 is 0 Å². The van der Waals surface area contributed by atoms with Gasteiger partial charge in [0.1, 0.15) is 5.76 Å². The van der Waals surface area contributed by atoms with Crippen molar-refractivity contribution < 1.29 is 4.42 Å². The molecule has 0 saturated carbocycles. The van der Waals surface area contributed by atoms with Gasteiger partial charge in [-0.05, 0) is 32.3 Å². The van der Waals surface area contributed by atoms with E-state index in [0.29, 0.717) is 0 Å². The van der Waals surface area contributed by atoms with E-state index in [0.717, 1.165) is 24.3 Å². The number of aromatic nitrogens is 1. The first-order chi connectivity index (χ1) is 7.65. The Kier molecular flexibility index (Phi) is 2.95. The van der Waals surface area contributed by atoms with Gasteiger partial charge in [-0.3, -0.25) is 0 Å². The van der Waals surface area contributed by atoms with Crippen LogP contribution >= 0.6 is 0 Å². The third-order valence-electron chi connectivity index (χ3n) is 2.64. The number of nitrogen functional groups attached to an aromatic ring is 1. The summed E-state index contributed by atoms with van der Waals surface area (Å²) in [5, 5.41) is 0. The van der Waals surface area contributed by atoms with Crippen molar-refractivity contribution in [1.82, 2.24) is 4.98 Å². The fraction of sp³-hybridized carbons (Fsp3) is 0.308. The number of nitrogens with two attached hydrogens (primary N) is 1. The smallest absolute Gasteiger partial charge is 0.292 e. The topological polar surface area (TPSA) is 52.0 Å². The molecular weight excluding hydrogens is 200 g/mol. The van der Waals surface area contributed by atoms with Crippen LogP contribution in [0.1, 0.15) is 22.6 Å². The first-order valence-electron chi connectivity index (χ1n) is 5.42. The monoisotopic (exact) mass is 216 g/mol. The Morgan fingerprint density at radius 1 is 1.25 bits per heavy atom. The average Bonchev–Trinajstić information content (AvgIpc) is 2.54. The molecule has 0 spiro atoms. The molecule has 0 radical (unpaired) electrons. The summed E-state index contributed by atoms with van der Waals surface area (Å²) in [6.07, 6.45) is 1.84. The Hall–Kier alpha value is -1.77. The summed E-state index contributed by atoms with van der Waals surface area (Å²) in [5.41, 5.74) is 9.06. The van der Waals surface area contributed by atoms with Gasteiger partial charge in [0.2, 0.25) is 0 Å². The van der Waals surface area contributed by atoms with Crippen LogP contribution in [0.2, 0.25) is 0 Å². The van der Waals surface area contributed by atoms with Crippen molar-refractivity contribution in [1.29, 1.82) is 0 Å². The standard InChI is InChI=1S/C13H16N2O/c1-9-4-3-5-11(8-9)6-7-12-10(2)16-13(14)15-12/h3-5,8H,6-7H2,1-2H3,(H2,14,15). The lowest BCUT2D eigenvalue weighted by Gasteiger charge is -2.01. The van der Waals surface area contributed by atoms with Gasteiger partial charge in [0.25, 0.3) is 6.01 Å². The fourth-order valence-corrected chi connectivity index (χ4v) is 1.81. The van der Waals surface area contributed by atoms with E-state index >= 15 is 0 Å². The van der Waals surface area contributed by atoms with Crippen LogP contribution in [0.25, 0.3) is 0 Å². The van der Waals surface area contributed by atoms with Crippen LogP contribution in [-0.2, 0) is 12.8 Å². The van der Waals surface area contributed by atoms with Crippen molar-refractivity contribution >= 4 is 6.01 Å². The molecule has 3 heteroatoms. The number of aryl methyl sites for hydroxylation is 4. The molecule has 1 aromatic heterocycles. The van der Waals surface area contributed by atoms with E-state index in [1.54, 1.807) is 0 Å². The molecule has 0 aliphatic rings. The Labute approximate surface area is 95.3 Å². The molecule has 0 amide bonds. The van der Waals surface area contributed by atoms with Crippen LogP contribution in [0.5, 0.6) is 0 Å². The lowest BCUT2D eigenvalue weighted by Crippen LogP contribution is -1.94. The fourth-order valence-electron chi connectivity index (χ4n) is 1.81. The number of anilines is 1. The highest BCUT2D eigenvalue weighted by atomic mass is 16.4. The molecule has 1 aromatic carbocycles. The Bertz CT molecular complexity index is 488. The van der Waals surface area contributed by atoms with Crippen molar-refractivity contribution in [2.24, 2.45) is 0 Å². The van der Waals surface area contributed by atoms with Gasteiger partial charge in [0.05, 0.1) is 5.69 Å². The maximum atomic E-state index is 5.49. The molecule has 16 heavy (non-hydrogen) atoms. The molecule has 0 atom stereocenters. The van der Waals surface area contributed by atoms with Crippen molar-refractivity contribution in [3.63, 3.8) is 0 Å². The van der Waals surface area contributed by atoms with Crippen LogP contribution in [0, 0.1) is 13.8 Å². The molecule has 0 fully saturated rings. The van der Waals surface area contributed by atoms with Gasteiger partial charge in [-0.25, -0.2) is 0 Å². The lowest BCUT2D eigenvalue weighted by atomic mass is 10.1. The second-order valence-electron chi connectivity index (χ2n) is 4.04. The van der Waals surface area contributed by atoms with Crippen molar-refractivity contribution in [3.8, 4) is 0 Å². The zero-order valence-corrected chi connectivity index (χ0v) is 9.66. The molecule has 0 bridgehead atoms. The molecule has 0 aliphatic heterocycles. The highest BCUT2D eigenvalue weighted by Gasteiger charge is 2.06. The van der Waals surface area contributed by atoms with E-state index in [1.165, 1.54) is 11.1 Å². The molecular formula is C13H16N2O. The second kappa shape index (κ2) is 4.39. The van der Waals surface area contributed by atoms with Crippen LogP contribution < -0.4 is 5.73 Å². The number of rotatable bonds is 3. The molecule has 2 N–H and O–H groups in total. The van der Waals surface area contributed by atoms with Crippen LogP contribution in [0.4, 0.5) is 6.01 Å². The first kappa shape index (κ1) is 10.7. The second-order valence-corrected chi connectivity index (χ2v) is 4.04. The van der Waals surface area contributed by atoms with Crippen molar-refractivity contribution in [3.05, 3.63) is 46.8 Å². The van der Waals surface area contributed by atoms with Gasteiger partial charge in [-0.1, -0.05) is 29.8 Å².